The third-order valence-corrected chi connectivity index (χ3v) is 2.65. The van der Waals surface area contributed by atoms with Gasteiger partial charge in [0.1, 0.15) is 0 Å². The molecule has 0 saturated carbocycles. The molecule has 1 atom stereocenters. The number of urea groups is 1. The van der Waals surface area contributed by atoms with E-state index in [1.165, 1.54) is 6.08 Å². The summed E-state index contributed by atoms with van der Waals surface area (Å²) in [6, 6.07) is 6.16. The zero-order chi connectivity index (χ0) is 15.7. The molecule has 1 rings (SSSR count). The highest BCUT2D eigenvalue weighted by molar-refractivity contribution is 5.90. The molecule has 21 heavy (non-hydrogen) atoms. The van der Waals surface area contributed by atoms with Crippen molar-refractivity contribution in [2.75, 3.05) is 5.32 Å². The third kappa shape index (κ3) is 6.30. The van der Waals surface area contributed by atoms with Gasteiger partial charge < -0.3 is 15.7 Å². The molecule has 5 nitrogen and oxygen atoms in total. The lowest BCUT2D eigenvalue weighted by Crippen LogP contribution is -2.36. The number of carbonyl (C=O) groups is 2. The topological polar surface area (TPSA) is 78.4 Å². The minimum Gasteiger partial charge on any atom is -0.478 e. The van der Waals surface area contributed by atoms with E-state index in [0.29, 0.717) is 17.7 Å². The Kier molecular flexibility index (Phi) is 6.55. The van der Waals surface area contributed by atoms with Gasteiger partial charge in [-0.05, 0) is 30.2 Å². The lowest BCUT2D eigenvalue weighted by atomic mass is 10.2. The fourth-order valence-electron chi connectivity index (χ4n) is 1.70. The number of carbonyl (C=O) groups excluding carboxylic acids is 1. The number of carboxylic acids is 1. The predicted molar refractivity (Wildman–Crippen MR) is 82.8 cm³/mol. The molecule has 0 bridgehead atoms. The Bertz CT molecular complexity index is 573. The first-order chi connectivity index (χ1) is 10.0. The first-order valence-electron chi connectivity index (χ1n) is 6.60. The number of terminal acetylenes is 1. The van der Waals surface area contributed by atoms with E-state index in [1.54, 1.807) is 24.3 Å². The molecule has 1 aromatic carbocycles. The van der Waals surface area contributed by atoms with Gasteiger partial charge >= 0.3 is 12.0 Å². The molecule has 5 heteroatoms. The summed E-state index contributed by atoms with van der Waals surface area (Å²) in [7, 11) is 0. The first kappa shape index (κ1) is 16.3. The summed E-state index contributed by atoms with van der Waals surface area (Å²) in [6.07, 6.45) is 9.42. The van der Waals surface area contributed by atoms with Gasteiger partial charge in [0.05, 0.1) is 6.04 Å². The molecule has 0 aromatic heterocycles. The Morgan fingerprint density at radius 3 is 2.86 bits per heavy atom. The Morgan fingerprint density at radius 1 is 1.48 bits per heavy atom. The van der Waals surface area contributed by atoms with E-state index >= 15 is 0 Å². The van der Waals surface area contributed by atoms with Crippen molar-refractivity contribution in [1.29, 1.82) is 0 Å². The fourth-order valence-corrected chi connectivity index (χ4v) is 1.70. The molecule has 0 aliphatic carbocycles. The van der Waals surface area contributed by atoms with Crippen LogP contribution in [0.5, 0.6) is 0 Å². The molecule has 2 amide bonds. The van der Waals surface area contributed by atoms with Crippen LogP contribution in [0.2, 0.25) is 0 Å². The van der Waals surface area contributed by atoms with E-state index in [9.17, 15) is 9.59 Å². The van der Waals surface area contributed by atoms with Crippen molar-refractivity contribution in [1.82, 2.24) is 5.32 Å². The van der Waals surface area contributed by atoms with Gasteiger partial charge in [-0.25, -0.2) is 9.59 Å². The smallest absolute Gasteiger partial charge is 0.328 e. The number of hydrogen-bond acceptors (Lipinski definition) is 2. The lowest BCUT2D eigenvalue weighted by Gasteiger charge is -2.13. The molecule has 0 saturated heterocycles. The molecular formula is C16H18N2O3. The minimum absolute atomic E-state index is 0.301. The van der Waals surface area contributed by atoms with Crippen molar-refractivity contribution in [3.05, 3.63) is 35.9 Å². The number of aliphatic carboxylic acids is 1. The highest BCUT2D eigenvalue weighted by atomic mass is 16.4. The SMILES string of the molecule is C#CC(CCC)NC(=O)Nc1cccc(/C=C/C(=O)O)c1. The number of carboxylic acid groups (broad SMARTS) is 1. The van der Waals surface area contributed by atoms with E-state index in [4.69, 9.17) is 11.5 Å². The second-order valence-corrected chi connectivity index (χ2v) is 4.40. The molecule has 110 valence electrons. The van der Waals surface area contributed by atoms with Crippen LogP contribution in [0, 0.1) is 12.3 Å². The molecule has 0 radical (unpaired) electrons. The second-order valence-electron chi connectivity index (χ2n) is 4.40. The van der Waals surface area contributed by atoms with Gasteiger partial charge in [-0.2, -0.15) is 0 Å². The third-order valence-electron chi connectivity index (χ3n) is 2.65. The van der Waals surface area contributed by atoms with Crippen molar-refractivity contribution in [2.45, 2.75) is 25.8 Å². The summed E-state index contributed by atoms with van der Waals surface area (Å²) in [4.78, 5) is 22.3. The second kappa shape index (κ2) is 8.43. The average molecular weight is 286 g/mol. The Balaban J connectivity index is 2.66. The van der Waals surface area contributed by atoms with E-state index in [2.05, 4.69) is 16.6 Å². The number of hydrogen-bond donors (Lipinski definition) is 3. The molecule has 0 aliphatic heterocycles. The molecule has 3 N–H and O–H groups in total. The van der Waals surface area contributed by atoms with Gasteiger partial charge in [-0.3, -0.25) is 0 Å². The van der Waals surface area contributed by atoms with E-state index in [-0.39, 0.29) is 12.1 Å². The summed E-state index contributed by atoms with van der Waals surface area (Å²) in [5.41, 5.74) is 1.24. The number of anilines is 1. The van der Waals surface area contributed by atoms with Gasteiger partial charge in [0, 0.05) is 11.8 Å². The molecule has 1 aromatic rings. The van der Waals surface area contributed by atoms with Crippen molar-refractivity contribution in [3.8, 4) is 12.3 Å². The molecular weight excluding hydrogens is 268 g/mol. The Labute approximate surface area is 124 Å². The predicted octanol–water partition coefficient (Wildman–Crippen LogP) is 2.71. The normalized spacial score (nSPS) is 11.6. The van der Waals surface area contributed by atoms with Crippen molar-refractivity contribution in [3.63, 3.8) is 0 Å². The maximum Gasteiger partial charge on any atom is 0.328 e. The number of amides is 2. The minimum atomic E-state index is -1.03. The van der Waals surface area contributed by atoms with Crippen LogP contribution in [-0.4, -0.2) is 23.1 Å². The van der Waals surface area contributed by atoms with Crippen LogP contribution in [0.1, 0.15) is 25.3 Å². The maximum atomic E-state index is 11.8. The Morgan fingerprint density at radius 2 is 2.24 bits per heavy atom. The highest BCUT2D eigenvalue weighted by Crippen LogP contribution is 2.12. The zero-order valence-electron chi connectivity index (χ0n) is 11.8. The highest BCUT2D eigenvalue weighted by Gasteiger charge is 2.08. The molecule has 0 heterocycles. The average Bonchev–Trinajstić information content (AvgIpc) is 2.45. The zero-order valence-corrected chi connectivity index (χ0v) is 11.8. The summed E-state index contributed by atoms with van der Waals surface area (Å²) in [5, 5.41) is 13.9. The van der Waals surface area contributed by atoms with Gasteiger partial charge in [0.25, 0.3) is 0 Å². The largest absolute Gasteiger partial charge is 0.478 e. The van der Waals surface area contributed by atoms with Gasteiger partial charge in [-0.15, -0.1) is 6.42 Å². The van der Waals surface area contributed by atoms with Crippen molar-refractivity contribution in [2.24, 2.45) is 0 Å². The van der Waals surface area contributed by atoms with E-state index in [0.717, 1.165) is 12.5 Å². The van der Waals surface area contributed by atoms with Crippen LogP contribution in [0.4, 0.5) is 10.5 Å². The van der Waals surface area contributed by atoms with Crippen LogP contribution < -0.4 is 10.6 Å². The molecule has 0 fully saturated rings. The van der Waals surface area contributed by atoms with Crippen LogP contribution in [0.3, 0.4) is 0 Å². The number of nitrogens with one attached hydrogen (secondary N) is 2. The van der Waals surface area contributed by atoms with Gasteiger partial charge in [0.2, 0.25) is 0 Å². The maximum absolute atomic E-state index is 11.8. The van der Waals surface area contributed by atoms with Crippen LogP contribution in [0.15, 0.2) is 30.3 Å². The summed E-state index contributed by atoms with van der Waals surface area (Å²) >= 11 is 0. The fraction of sp³-hybridized carbons (Fsp3) is 0.250. The van der Waals surface area contributed by atoms with Crippen molar-refractivity contribution >= 4 is 23.8 Å². The first-order valence-corrected chi connectivity index (χ1v) is 6.60. The van der Waals surface area contributed by atoms with Crippen LogP contribution in [-0.2, 0) is 4.79 Å². The molecule has 1 unspecified atom stereocenters. The van der Waals surface area contributed by atoms with E-state index < -0.39 is 5.97 Å². The van der Waals surface area contributed by atoms with Crippen LogP contribution in [0.25, 0.3) is 6.08 Å². The van der Waals surface area contributed by atoms with E-state index in [1.807, 2.05) is 6.92 Å². The summed E-state index contributed by atoms with van der Waals surface area (Å²) < 4.78 is 0. The number of benzene rings is 1. The standard InChI is InChI=1S/C16H18N2O3/c1-3-6-13(4-2)17-16(21)18-14-8-5-7-12(11-14)9-10-15(19)20/h2,5,7-11,13H,3,6H2,1H3,(H,19,20)(H2,17,18,21)/b10-9+. The molecule has 0 spiro atoms. The van der Waals surface area contributed by atoms with Crippen LogP contribution >= 0.6 is 0 Å². The van der Waals surface area contributed by atoms with Gasteiger partial charge in [-0.1, -0.05) is 31.4 Å². The van der Waals surface area contributed by atoms with Gasteiger partial charge in [0.15, 0.2) is 0 Å². The summed E-state index contributed by atoms with van der Waals surface area (Å²) in [5.74, 6) is 1.49. The molecule has 0 aliphatic rings. The summed E-state index contributed by atoms with van der Waals surface area (Å²) in [6.45, 7) is 1.99. The quantitative estimate of drug-likeness (QED) is 0.555. The lowest BCUT2D eigenvalue weighted by molar-refractivity contribution is -0.131. The van der Waals surface area contributed by atoms with Crippen molar-refractivity contribution < 1.29 is 14.7 Å². The monoisotopic (exact) mass is 286 g/mol. The number of rotatable bonds is 6. The Hall–Kier alpha value is -2.74.